The van der Waals surface area contributed by atoms with Crippen LogP contribution in [0.5, 0.6) is 11.5 Å². The van der Waals surface area contributed by atoms with Gasteiger partial charge in [0.25, 0.3) is 0 Å². The molecule has 0 radical (unpaired) electrons. The van der Waals surface area contributed by atoms with Crippen molar-refractivity contribution in [1.29, 1.82) is 0 Å². The number of aliphatic carboxylic acids is 1. The number of ether oxygens (including phenoxy) is 2. The van der Waals surface area contributed by atoms with E-state index in [0.717, 1.165) is 72.7 Å². The van der Waals surface area contributed by atoms with E-state index in [9.17, 15) is 9.59 Å². The van der Waals surface area contributed by atoms with Crippen molar-refractivity contribution in [2.24, 2.45) is 0 Å². The Kier molecular flexibility index (Phi) is 13.0. The molecule has 0 spiro atoms. The lowest BCUT2D eigenvalue weighted by Crippen LogP contribution is -2.46. The van der Waals surface area contributed by atoms with Gasteiger partial charge in [-0.1, -0.05) is 60.7 Å². The number of piperazine rings is 1. The van der Waals surface area contributed by atoms with Gasteiger partial charge in [-0.05, 0) is 61.7 Å². The van der Waals surface area contributed by atoms with E-state index in [0.29, 0.717) is 36.4 Å². The molecule has 1 aromatic heterocycles. The smallest absolute Gasteiger partial charge is 0.303 e. The third kappa shape index (κ3) is 9.22. The van der Waals surface area contributed by atoms with Gasteiger partial charge >= 0.3 is 5.97 Å². The van der Waals surface area contributed by atoms with Crippen LogP contribution in [0.1, 0.15) is 53.7 Å². The summed E-state index contributed by atoms with van der Waals surface area (Å²) in [7, 11) is 1.72. The number of hydrogen-bond donors (Lipinski definition) is 2. The summed E-state index contributed by atoms with van der Waals surface area (Å²) in [5, 5.41) is 13.6. The Bertz CT molecular complexity index is 1910. The highest BCUT2D eigenvalue weighted by Gasteiger charge is 2.21. The number of fused-ring (bicyclic) bond motifs is 1. The average Bonchev–Trinajstić information content (AvgIpc) is 3.52. The molecule has 1 fully saturated rings. The first kappa shape index (κ1) is 37.3. The van der Waals surface area contributed by atoms with Crippen molar-refractivity contribution in [3.8, 4) is 11.5 Å². The monoisotopic (exact) mass is 710 g/mol. The van der Waals surface area contributed by atoms with E-state index < -0.39 is 5.97 Å². The Balaban J connectivity index is 0.00000504. The number of ketones is 1. The summed E-state index contributed by atoms with van der Waals surface area (Å²) in [5.41, 5.74) is 5.17. The Labute approximate surface area is 306 Å². The van der Waals surface area contributed by atoms with Crippen LogP contribution in [0.15, 0.2) is 103 Å². The summed E-state index contributed by atoms with van der Waals surface area (Å²) >= 11 is 0. The van der Waals surface area contributed by atoms with E-state index >= 15 is 0 Å². The highest BCUT2D eigenvalue weighted by atomic mass is 35.5. The Hall–Kier alpha value is -4.99. The van der Waals surface area contributed by atoms with Crippen LogP contribution in [0.2, 0.25) is 0 Å². The van der Waals surface area contributed by atoms with Gasteiger partial charge in [0.15, 0.2) is 5.78 Å². The van der Waals surface area contributed by atoms with E-state index in [1.165, 1.54) is 0 Å². The predicted molar refractivity (Wildman–Crippen MR) is 206 cm³/mol. The first-order chi connectivity index (χ1) is 24.4. The number of nitrogens with one attached hydrogen (secondary N) is 1. The number of carbonyl (C=O) groups excluding carboxylic acids is 1. The van der Waals surface area contributed by atoms with Crippen molar-refractivity contribution in [2.45, 2.75) is 38.8 Å². The number of aromatic nitrogens is 1. The molecule has 268 valence electrons. The van der Waals surface area contributed by atoms with Gasteiger partial charge in [0.05, 0.1) is 25.1 Å². The molecule has 6 rings (SSSR count). The maximum atomic E-state index is 14.1. The van der Waals surface area contributed by atoms with Crippen molar-refractivity contribution < 1.29 is 24.2 Å². The first-order valence-corrected chi connectivity index (χ1v) is 17.4. The largest absolute Gasteiger partial charge is 0.495 e. The number of anilines is 2. The van der Waals surface area contributed by atoms with Crippen LogP contribution in [0.25, 0.3) is 10.9 Å². The molecular formula is C41H47ClN4O5. The third-order valence-electron chi connectivity index (χ3n) is 9.41. The maximum Gasteiger partial charge on any atom is 0.303 e. The summed E-state index contributed by atoms with van der Waals surface area (Å²) in [5.74, 6) is 0.623. The minimum absolute atomic E-state index is 0. The fourth-order valence-corrected chi connectivity index (χ4v) is 6.70. The Morgan fingerprint density at radius 1 is 0.843 bits per heavy atom. The number of halogens is 1. The van der Waals surface area contributed by atoms with Gasteiger partial charge in [-0.25, -0.2) is 0 Å². The van der Waals surface area contributed by atoms with Gasteiger partial charge in [-0.2, -0.15) is 0 Å². The maximum absolute atomic E-state index is 14.1. The van der Waals surface area contributed by atoms with Crippen LogP contribution in [-0.4, -0.2) is 72.8 Å². The molecule has 4 aromatic carbocycles. The molecule has 1 aliphatic heterocycles. The normalized spacial score (nSPS) is 13.7. The summed E-state index contributed by atoms with van der Waals surface area (Å²) in [6.07, 6.45) is 3.26. The minimum Gasteiger partial charge on any atom is -0.495 e. The van der Waals surface area contributed by atoms with Gasteiger partial charge in [0, 0.05) is 80.0 Å². The number of rotatable bonds is 16. The molecule has 5 aromatic rings. The molecule has 0 aliphatic carbocycles. The van der Waals surface area contributed by atoms with Gasteiger partial charge < -0.3 is 29.4 Å². The molecule has 0 bridgehead atoms. The molecule has 1 aliphatic rings. The van der Waals surface area contributed by atoms with Crippen molar-refractivity contribution in [1.82, 2.24) is 9.47 Å². The van der Waals surface area contributed by atoms with E-state index in [-0.39, 0.29) is 30.7 Å². The van der Waals surface area contributed by atoms with Crippen molar-refractivity contribution in [3.05, 3.63) is 120 Å². The fraction of sp³-hybridized carbons (Fsp3) is 0.317. The second-order valence-corrected chi connectivity index (χ2v) is 12.8. The lowest BCUT2D eigenvalue weighted by atomic mass is 10.0. The summed E-state index contributed by atoms with van der Waals surface area (Å²) in [6.45, 7) is 7.87. The van der Waals surface area contributed by atoms with Crippen LogP contribution in [0, 0.1) is 0 Å². The standard InChI is InChI=1S/C41H46N4O5.ClH/c1-30(31-12-4-3-5-13-31)42-35-20-19-32(41(48)34-29-45(22-10-18-40(46)47)36-15-7-6-14-33(34)36)28-39(35)50-27-11-21-43-23-25-44(26-24-43)37-16-8-9-17-38(37)49-2;/h3-9,12-17,19-20,28-30,42H,10-11,18,21-27H2,1-2H3,(H,46,47);1H. The molecule has 9 nitrogen and oxygen atoms in total. The summed E-state index contributed by atoms with van der Waals surface area (Å²) in [4.78, 5) is 30.0. The van der Waals surface area contributed by atoms with Gasteiger partial charge in [-0.15, -0.1) is 12.4 Å². The number of benzene rings is 4. The second kappa shape index (κ2) is 17.8. The summed E-state index contributed by atoms with van der Waals surface area (Å²) in [6, 6.07) is 31.9. The number of hydrogen-bond acceptors (Lipinski definition) is 7. The summed E-state index contributed by atoms with van der Waals surface area (Å²) < 4.78 is 14.0. The zero-order chi connectivity index (χ0) is 34.9. The molecule has 2 N–H and O–H groups in total. The SMILES string of the molecule is COc1ccccc1N1CCN(CCCOc2cc(C(=O)c3cn(CCCC(=O)O)c4ccccc34)ccc2NC(C)c2ccccc2)CC1.Cl. The fourth-order valence-electron chi connectivity index (χ4n) is 6.70. The molecule has 10 heteroatoms. The number of methoxy groups -OCH3 is 1. The number of carboxylic acid groups (broad SMARTS) is 1. The second-order valence-electron chi connectivity index (χ2n) is 12.8. The van der Waals surface area contributed by atoms with E-state index in [4.69, 9.17) is 14.6 Å². The van der Waals surface area contributed by atoms with E-state index in [2.05, 4.69) is 46.3 Å². The number of carbonyl (C=O) groups is 2. The predicted octanol–water partition coefficient (Wildman–Crippen LogP) is 7.93. The lowest BCUT2D eigenvalue weighted by molar-refractivity contribution is -0.137. The van der Waals surface area contributed by atoms with Crippen LogP contribution in [0.3, 0.4) is 0 Å². The molecule has 51 heavy (non-hydrogen) atoms. The molecular weight excluding hydrogens is 664 g/mol. The number of aryl methyl sites for hydroxylation is 1. The van der Waals surface area contributed by atoms with Gasteiger partial charge in [0.2, 0.25) is 0 Å². The zero-order valence-electron chi connectivity index (χ0n) is 29.3. The average molecular weight is 711 g/mol. The quantitative estimate of drug-likeness (QED) is 0.0788. The van der Waals surface area contributed by atoms with Crippen LogP contribution >= 0.6 is 12.4 Å². The molecule has 1 unspecified atom stereocenters. The van der Waals surface area contributed by atoms with E-state index in [1.807, 2.05) is 83.6 Å². The van der Waals surface area contributed by atoms with Crippen LogP contribution in [-0.2, 0) is 11.3 Å². The zero-order valence-corrected chi connectivity index (χ0v) is 30.1. The molecule has 0 amide bonds. The molecule has 2 heterocycles. The number of carboxylic acids is 1. The Morgan fingerprint density at radius 2 is 1.57 bits per heavy atom. The topological polar surface area (TPSA) is 96.3 Å². The van der Waals surface area contributed by atoms with E-state index in [1.54, 1.807) is 7.11 Å². The number of nitrogens with zero attached hydrogens (tertiary/aromatic N) is 3. The first-order valence-electron chi connectivity index (χ1n) is 17.4. The molecule has 0 saturated carbocycles. The lowest BCUT2D eigenvalue weighted by Gasteiger charge is -2.36. The highest BCUT2D eigenvalue weighted by molar-refractivity contribution is 6.16. The van der Waals surface area contributed by atoms with Gasteiger partial charge in [0.1, 0.15) is 11.5 Å². The number of para-hydroxylation sites is 3. The van der Waals surface area contributed by atoms with Crippen molar-refractivity contribution in [2.75, 3.05) is 56.7 Å². The van der Waals surface area contributed by atoms with Crippen molar-refractivity contribution in [3.63, 3.8) is 0 Å². The van der Waals surface area contributed by atoms with Gasteiger partial charge in [-0.3, -0.25) is 14.5 Å². The third-order valence-corrected chi connectivity index (χ3v) is 9.41. The molecule has 1 saturated heterocycles. The molecule has 1 atom stereocenters. The highest BCUT2D eigenvalue weighted by Crippen LogP contribution is 2.33. The minimum atomic E-state index is -0.827. The van der Waals surface area contributed by atoms with Crippen molar-refractivity contribution >= 4 is 46.4 Å². The Morgan fingerprint density at radius 3 is 2.33 bits per heavy atom. The van der Waals surface area contributed by atoms with Crippen LogP contribution in [0.4, 0.5) is 11.4 Å². The van der Waals surface area contributed by atoms with Crippen LogP contribution < -0.4 is 19.7 Å².